The van der Waals surface area contributed by atoms with Gasteiger partial charge in [0.05, 0.1) is 12.7 Å². The first-order valence-electron chi connectivity index (χ1n) is 8.51. The van der Waals surface area contributed by atoms with Gasteiger partial charge in [-0.3, -0.25) is 9.88 Å². The molecule has 0 aliphatic carbocycles. The van der Waals surface area contributed by atoms with Crippen LogP contribution in [-0.2, 0) is 11.3 Å². The molecule has 0 radical (unpaired) electrons. The van der Waals surface area contributed by atoms with Crippen LogP contribution in [0.2, 0.25) is 0 Å². The van der Waals surface area contributed by atoms with Gasteiger partial charge in [-0.1, -0.05) is 6.07 Å². The van der Waals surface area contributed by atoms with Gasteiger partial charge in [0.25, 0.3) is 0 Å². The predicted octanol–water partition coefficient (Wildman–Crippen LogP) is 2.22. The van der Waals surface area contributed by atoms with Crippen molar-refractivity contribution in [3.8, 4) is 0 Å². The standard InChI is InChI=1S/C19H22N4O3/c1-26-18(24)16-4-6-17(7-5-16)21-19(25)23-11-9-22(10-12-23)14-15-3-2-8-20-13-15/h2-8,13H,9-12,14H2,1H3,(H,21,25). The van der Waals surface area contributed by atoms with Gasteiger partial charge in [-0.05, 0) is 35.9 Å². The number of nitrogens with one attached hydrogen (secondary N) is 1. The summed E-state index contributed by atoms with van der Waals surface area (Å²) in [5, 5.41) is 2.87. The van der Waals surface area contributed by atoms with Crippen LogP contribution in [0.4, 0.5) is 10.5 Å². The highest BCUT2D eigenvalue weighted by molar-refractivity contribution is 5.92. The van der Waals surface area contributed by atoms with Crippen molar-refractivity contribution >= 4 is 17.7 Å². The lowest BCUT2D eigenvalue weighted by molar-refractivity contribution is 0.0600. The van der Waals surface area contributed by atoms with E-state index in [-0.39, 0.29) is 6.03 Å². The number of aromatic nitrogens is 1. The first-order chi connectivity index (χ1) is 12.7. The molecule has 0 spiro atoms. The van der Waals surface area contributed by atoms with E-state index in [1.165, 1.54) is 12.7 Å². The molecule has 1 N–H and O–H groups in total. The Morgan fingerprint density at radius 1 is 1.12 bits per heavy atom. The summed E-state index contributed by atoms with van der Waals surface area (Å²) in [7, 11) is 1.34. The molecule has 0 unspecified atom stereocenters. The fourth-order valence-electron chi connectivity index (χ4n) is 2.87. The third-order valence-electron chi connectivity index (χ3n) is 4.35. The average Bonchev–Trinajstić information content (AvgIpc) is 2.69. The molecule has 136 valence electrons. The Hall–Kier alpha value is -2.93. The average molecular weight is 354 g/mol. The number of methoxy groups -OCH3 is 1. The van der Waals surface area contributed by atoms with Crippen LogP contribution in [0.1, 0.15) is 15.9 Å². The van der Waals surface area contributed by atoms with Gasteiger partial charge in [-0.25, -0.2) is 9.59 Å². The molecule has 7 heteroatoms. The molecule has 0 bridgehead atoms. The van der Waals surface area contributed by atoms with Crippen molar-refractivity contribution in [3.63, 3.8) is 0 Å². The highest BCUT2D eigenvalue weighted by Gasteiger charge is 2.21. The number of ether oxygens (including phenoxy) is 1. The minimum absolute atomic E-state index is 0.128. The van der Waals surface area contributed by atoms with Crippen molar-refractivity contribution in [3.05, 3.63) is 59.9 Å². The lowest BCUT2D eigenvalue weighted by atomic mass is 10.2. The molecular formula is C19H22N4O3. The SMILES string of the molecule is COC(=O)c1ccc(NC(=O)N2CCN(Cc3cccnc3)CC2)cc1. The number of pyridine rings is 1. The van der Waals surface area contributed by atoms with Crippen molar-refractivity contribution in [1.29, 1.82) is 0 Å². The molecule has 1 fully saturated rings. The predicted molar refractivity (Wildman–Crippen MR) is 97.9 cm³/mol. The van der Waals surface area contributed by atoms with Gasteiger partial charge < -0.3 is 15.0 Å². The minimum Gasteiger partial charge on any atom is -0.465 e. The largest absolute Gasteiger partial charge is 0.465 e. The Balaban J connectivity index is 1.48. The number of piperazine rings is 1. The highest BCUT2D eigenvalue weighted by Crippen LogP contribution is 2.13. The zero-order valence-electron chi connectivity index (χ0n) is 14.7. The lowest BCUT2D eigenvalue weighted by Gasteiger charge is -2.34. The van der Waals surface area contributed by atoms with E-state index in [0.29, 0.717) is 24.3 Å². The van der Waals surface area contributed by atoms with E-state index in [2.05, 4.69) is 26.0 Å². The summed E-state index contributed by atoms with van der Waals surface area (Å²) in [6, 6.07) is 10.5. The van der Waals surface area contributed by atoms with E-state index in [0.717, 1.165) is 19.6 Å². The molecule has 1 aliphatic rings. The van der Waals surface area contributed by atoms with Crippen LogP contribution in [0.15, 0.2) is 48.8 Å². The molecule has 26 heavy (non-hydrogen) atoms. The van der Waals surface area contributed by atoms with Gasteiger partial charge in [0.15, 0.2) is 0 Å². The summed E-state index contributed by atoms with van der Waals surface area (Å²) in [6.45, 7) is 3.84. The van der Waals surface area contributed by atoms with E-state index in [4.69, 9.17) is 0 Å². The Bertz CT molecular complexity index is 741. The molecule has 2 amide bonds. The molecule has 1 saturated heterocycles. The Morgan fingerprint density at radius 2 is 1.85 bits per heavy atom. The topological polar surface area (TPSA) is 74.8 Å². The number of hydrogen-bond acceptors (Lipinski definition) is 5. The number of esters is 1. The second-order valence-electron chi connectivity index (χ2n) is 6.12. The summed E-state index contributed by atoms with van der Waals surface area (Å²) in [4.78, 5) is 32.1. The first-order valence-corrected chi connectivity index (χ1v) is 8.51. The van der Waals surface area contributed by atoms with Gasteiger partial charge in [-0.15, -0.1) is 0 Å². The number of carbonyl (C=O) groups is 2. The van der Waals surface area contributed by atoms with Crippen LogP contribution in [0, 0.1) is 0 Å². The minimum atomic E-state index is -0.396. The number of urea groups is 1. The normalized spacial score (nSPS) is 14.7. The lowest BCUT2D eigenvalue weighted by Crippen LogP contribution is -2.49. The van der Waals surface area contributed by atoms with Gasteiger partial charge in [0.2, 0.25) is 0 Å². The molecule has 7 nitrogen and oxygen atoms in total. The van der Waals surface area contributed by atoms with Crippen LogP contribution in [-0.4, -0.2) is 60.1 Å². The first kappa shape index (κ1) is 17.9. The van der Waals surface area contributed by atoms with Gasteiger partial charge in [-0.2, -0.15) is 0 Å². The van der Waals surface area contributed by atoms with Gasteiger partial charge >= 0.3 is 12.0 Å². The molecule has 1 aromatic heterocycles. The zero-order chi connectivity index (χ0) is 18.4. The zero-order valence-corrected chi connectivity index (χ0v) is 14.7. The number of hydrogen-bond donors (Lipinski definition) is 1. The molecule has 0 saturated carbocycles. The Kier molecular flexibility index (Phi) is 5.80. The van der Waals surface area contributed by atoms with Crippen LogP contribution >= 0.6 is 0 Å². The monoisotopic (exact) mass is 354 g/mol. The molecule has 2 aromatic rings. The molecule has 1 aliphatic heterocycles. The summed E-state index contributed by atoms with van der Waals surface area (Å²) in [5.74, 6) is -0.396. The quantitative estimate of drug-likeness (QED) is 0.852. The summed E-state index contributed by atoms with van der Waals surface area (Å²) in [6.07, 6.45) is 3.64. The van der Waals surface area contributed by atoms with Crippen molar-refractivity contribution in [2.24, 2.45) is 0 Å². The van der Waals surface area contributed by atoms with Crippen LogP contribution in [0.5, 0.6) is 0 Å². The number of rotatable bonds is 4. The second-order valence-corrected chi connectivity index (χ2v) is 6.12. The van der Waals surface area contributed by atoms with Gasteiger partial charge in [0.1, 0.15) is 0 Å². The fourth-order valence-corrected chi connectivity index (χ4v) is 2.87. The molecule has 2 heterocycles. The van der Waals surface area contributed by atoms with Crippen molar-refractivity contribution in [2.75, 3.05) is 38.6 Å². The number of carbonyl (C=O) groups excluding carboxylic acids is 2. The molecule has 1 aromatic carbocycles. The highest BCUT2D eigenvalue weighted by atomic mass is 16.5. The maximum atomic E-state index is 12.4. The number of amides is 2. The maximum Gasteiger partial charge on any atom is 0.337 e. The summed E-state index contributed by atoms with van der Waals surface area (Å²) < 4.78 is 4.66. The van der Waals surface area contributed by atoms with Crippen LogP contribution in [0.25, 0.3) is 0 Å². The second kappa shape index (κ2) is 8.44. The summed E-state index contributed by atoms with van der Waals surface area (Å²) in [5.41, 5.74) is 2.28. The third kappa shape index (κ3) is 4.58. The van der Waals surface area contributed by atoms with E-state index >= 15 is 0 Å². The smallest absolute Gasteiger partial charge is 0.337 e. The van der Waals surface area contributed by atoms with Crippen LogP contribution in [0.3, 0.4) is 0 Å². The van der Waals surface area contributed by atoms with E-state index in [9.17, 15) is 9.59 Å². The maximum absolute atomic E-state index is 12.4. The van der Waals surface area contributed by atoms with Crippen LogP contribution < -0.4 is 5.32 Å². The Morgan fingerprint density at radius 3 is 2.46 bits per heavy atom. The van der Waals surface area contributed by atoms with Crippen molar-refractivity contribution in [2.45, 2.75) is 6.54 Å². The van der Waals surface area contributed by atoms with Crippen molar-refractivity contribution in [1.82, 2.24) is 14.8 Å². The number of nitrogens with zero attached hydrogens (tertiary/aromatic N) is 3. The number of anilines is 1. The van der Waals surface area contributed by atoms with Gasteiger partial charge in [0, 0.05) is 50.8 Å². The summed E-state index contributed by atoms with van der Waals surface area (Å²) >= 11 is 0. The molecular weight excluding hydrogens is 332 g/mol. The Labute approximate surface area is 152 Å². The fraction of sp³-hybridized carbons (Fsp3) is 0.316. The van der Waals surface area contributed by atoms with Crippen molar-refractivity contribution < 1.29 is 14.3 Å². The third-order valence-corrected chi connectivity index (χ3v) is 4.35. The van der Waals surface area contributed by atoms with E-state index < -0.39 is 5.97 Å². The van der Waals surface area contributed by atoms with E-state index in [1.54, 1.807) is 35.4 Å². The van der Waals surface area contributed by atoms with E-state index in [1.807, 2.05) is 12.3 Å². The number of benzene rings is 1. The molecule has 3 rings (SSSR count). The molecule has 0 atom stereocenters.